The lowest BCUT2D eigenvalue weighted by atomic mass is 9.55. The smallest absolute Gasteiger partial charge is 0.310 e. The van der Waals surface area contributed by atoms with Crippen LogP contribution in [0.1, 0.15) is 44.7 Å². The number of hydrogen-bond donors (Lipinski definition) is 2. The van der Waals surface area contributed by atoms with Crippen molar-refractivity contribution in [2.75, 3.05) is 6.61 Å². The van der Waals surface area contributed by atoms with E-state index >= 15 is 0 Å². The topological polar surface area (TPSA) is 112 Å². The molecule has 8 nitrogen and oxygen atoms in total. The minimum absolute atomic E-state index is 0.00446. The summed E-state index contributed by atoms with van der Waals surface area (Å²) < 4.78 is 26.5. The van der Waals surface area contributed by atoms with E-state index in [-0.39, 0.29) is 36.9 Å². The van der Waals surface area contributed by atoms with Crippen LogP contribution in [0.3, 0.4) is 0 Å². The summed E-state index contributed by atoms with van der Waals surface area (Å²) in [6.45, 7) is 10.0. The third-order valence-electron chi connectivity index (χ3n) is 10.4. The molecular weight excluding hydrogens is 560 g/mol. The number of ketones is 1. The predicted molar refractivity (Wildman–Crippen MR) is 160 cm³/mol. The second kappa shape index (κ2) is 9.97. The Morgan fingerprint density at radius 2 is 1.80 bits per heavy atom. The number of Topliss-reactive ketones (excluding diaryl/α,β-unsaturated/α-hetero) is 1. The van der Waals surface area contributed by atoms with Gasteiger partial charge in [0, 0.05) is 18.3 Å². The number of phenolic OH excluding ortho intramolecular Hbond substituents is 1. The van der Waals surface area contributed by atoms with Crippen molar-refractivity contribution in [2.24, 2.45) is 17.8 Å². The molecule has 3 aliphatic carbocycles. The van der Waals surface area contributed by atoms with Crippen molar-refractivity contribution in [2.45, 2.75) is 75.3 Å². The Hall–Kier alpha value is -3.56. The highest BCUT2D eigenvalue weighted by molar-refractivity contribution is 6.04. The van der Waals surface area contributed by atoms with Gasteiger partial charge in [-0.05, 0) is 66.2 Å². The molecule has 3 bridgehead atoms. The molecule has 3 fully saturated rings. The van der Waals surface area contributed by atoms with Crippen LogP contribution in [0.4, 0.5) is 0 Å². The summed E-state index contributed by atoms with van der Waals surface area (Å²) in [5, 5.41) is 21.9. The minimum Gasteiger partial charge on any atom is -0.508 e. The Labute approximate surface area is 257 Å². The first kappa shape index (κ1) is 29.2. The zero-order valence-corrected chi connectivity index (χ0v) is 25.2. The summed E-state index contributed by atoms with van der Waals surface area (Å²) in [6.07, 6.45) is 4.28. The van der Waals surface area contributed by atoms with Gasteiger partial charge in [-0.2, -0.15) is 0 Å². The van der Waals surface area contributed by atoms with Crippen molar-refractivity contribution in [3.8, 4) is 5.75 Å². The molecule has 0 aromatic heterocycles. The van der Waals surface area contributed by atoms with E-state index < -0.39 is 46.7 Å². The Bertz CT molecular complexity index is 1590. The number of fused-ring (bicyclic) bond motifs is 2. The van der Waals surface area contributed by atoms with Gasteiger partial charge in [-0.3, -0.25) is 9.59 Å². The Balaban J connectivity index is 1.29. The summed E-state index contributed by atoms with van der Waals surface area (Å²) in [4.78, 5) is 26.6. The molecule has 7 rings (SSSR count). The first-order valence-corrected chi connectivity index (χ1v) is 15.3. The van der Waals surface area contributed by atoms with Gasteiger partial charge in [-0.1, -0.05) is 68.1 Å². The number of phenols is 1. The summed E-state index contributed by atoms with van der Waals surface area (Å²) in [5.41, 5.74) is -0.0509. The monoisotopic (exact) mass is 598 g/mol. The highest BCUT2D eigenvalue weighted by Crippen LogP contribution is 2.68. The Morgan fingerprint density at radius 1 is 1.07 bits per heavy atom. The lowest BCUT2D eigenvalue weighted by Gasteiger charge is -2.59. The van der Waals surface area contributed by atoms with Gasteiger partial charge in [0.2, 0.25) is 0 Å². The molecule has 8 atom stereocenters. The number of aromatic hydroxyl groups is 1. The molecule has 2 aliphatic heterocycles. The number of benzene rings is 2. The number of rotatable bonds is 7. The van der Waals surface area contributed by atoms with Crippen molar-refractivity contribution in [3.63, 3.8) is 0 Å². The third-order valence-corrected chi connectivity index (χ3v) is 10.4. The third kappa shape index (κ3) is 4.19. The van der Waals surface area contributed by atoms with Crippen molar-refractivity contribution in [1.29, 1.82) is 0 Å². The van der Waals surface area contributed by atoms with Gasteiger partial charge >= 0.3 is 5.97 Å². The highest BCUT2D eigenvalue weighted by atomic mass is 16.9. The average Bonchev–Trinajstić information content (AvgIpc) is 3.29. The van der Waals surface area contributed by atoms with E-state index in [1.54, 1.807) is 19.1 Å². The highest BCUT2D eigenvalue weighted by Gasteiger charge is 2.79. The lowest BCUT2D eigenvalue weighted by molar-refractivity contribution is -0.421. The van der Waals surface area contributed by atoms with Gasteiger partial charge in [0.15, 0.2) is 5.78 Å². The molecule has 2 aromatic rings. The molecule has 2 aromatic carbocycles. The number of carbonyl (C=O) groups excluding carboxylic acids is 2. The predicted octanol–water partition coefficient (Wildman–Crippen LogP) is 4.74. The Morgan fingerprint density at radius 3 is 2.50 bits per heavy atom. The van der Waals surface area contributed by atoms with Crippen LogP contribution in [0.25, 0.3) is 0 Å². The van der Waals surface area contributed by atoms with Gasteiger partial charge < -0.3 is 29.2 Å². The number of aliphatic hydroxyl groups is 1. The van der Waals surface area contributed by atoms with Gasteiger partial charge in [-0.15, -0.1) is 0 Å². The van der Waals surface area contributed by atoms with Crippen LogP contribution >= 0.6 is 0 Å². The van der Waals surface area contributed by atoms with Crippen molar-refractivity contribution in [3.05, 3.63) is 101 Å². The van der Waals surface area contributed by atoms with Gasteiger partial charge in [0.25, 0.3) is 5.97 Å². The second-order valence-corrected chi connectivity index (χ2v) is 13.3. The lowest BCUT2D eigenvalue weighted by Crippen LogP contribution is -2.70. The molecule has 8 heteroatoms. The first-order valence-electron chi connectivity index (χ1n) is 15.3. The maximum absolute atomic E-state index is 13.7. The molecule has 5 aliphatic rings. The number of esters is 1. The van der Waals surface area contributed by atoms with E-state index in [9.17, 15) is 19.8 Å². The van der Waals surface area contributed by atoms with E-state index in [0.29, 0.717) is 29.6 Å². The maximum atomic E-state index is 13.7. The van der Waals surface area contributed by atoms with E-state index in [4.69, 9.17) is 18.9 Å². The number of carbonyl (C=O) groups is 2. The number of ether oxygens (including phenoxy) is 4. The van der Waals surface area contributed by atoms with Crippen LogP contribution in [-0.2, 0) is 41.4 Å². The fourth-order valence-corrected chi connectivity index (χ4v) is 8.49. The Kier molecular flexibility index (Phi) is 6.61. The molecule has 1 saturated carbocycles. The molecule has 2 heterocycles. The normalized spacial score (nSPS) is 38.3. The average molecular weight is 599 g/mol. The summed E-state index contributed by atoms with van der Waals surface area (Å²) >= 11 is 0. The zero-order chi connectivity index (χ0) is 31.1. The van der Waals surface area contributed by atoms with Crippen molar-refractivity contribution >= 4 is 11.8 Å². The van der Waals surface area contributed by atoms with E-state index in [1.165, 1.54) is 12.1 Å². The molecule has 44 heavy (non-hydrogen) atoms. The zero-order valence-electron chi connectivity index (χ0n) is 25.2. The van der Waals surface area contributed by atoms with E-state index in [0.717, 1.165) is 11.1 Å². The molecule has 0 radical (unpaired) electrons. The van der Waals surface area contributed by atoms with Crippen LogP contribution in [0.5, 0.6) is 5.75 Å². The van der Waals surface area contributed by atoms with Crippen LogP contribution in [0.15, 0.2) is 90.0 Å². The first-order chi connectivity index (χ1) is 20.9. The van der Waals surface area contributed by atoms with Crippen molar-refractivity contribution < 1.29 is 38.7 Å². The van der Waals surface area contributed by atoms with E-state index in [2.05, 4.69) is 13.5 Å². The maximum Gasteiger partial charge on any atom is 0.310 e. The standard InChI is InChI=1S/C36H38O8/c1-21(2)34-17-23(4)36-28(32(34)42-35(43-34,44-36)19-25-8-6-5-7-9-25)15-26(18-33(40)29(36)14-22(3)31(33)39)20-41-30(38)16-24-10-12-27(37)13-11-24/h5-15,23,28-29,32,37,40H,1,16-20H2,2-4H3/t23?,28?,29?,32-,33?,34+,35?,36?/m0/s1. The van der Waals surface area contributed by atoms with Crippen LogP contribution in [0.2, 0.25) is 0 Å². The molecule has 2 N–H and O–H groups in total. The SMILES string of the molecule is C=C(C)[C@]12CC(C)C34OC(Cc5ccccc5)(O[C@H]1C3C=C(COC(=O)Cc1ccc(O)cc1)CC1(O)C(=O)C(C)=CC14)O2. The summed E-state index contributed by atoms with van der Waals surface area (Å²) in [6, 6.07) is 16.2. The summed E-state index contributed by atoms with van der Waals surface area (Å²) in [7, 11) is 0. The quantitative estimate of drug-likeness (QED) is 0.348. The minimum atomic E-state index is -1.78. The van der Waals surface area contributed by atoms with Crippen LogP contribution < -0.4 is 0 Å². The molecule has 0 spiro atoms. The molecule has 2 saturated heterocycles. The second-order valence-electron chi connectivity index (χ2n) is 13.3. The molecule has 230 valence electrons. The molecule has 6 unspecified atom stereocenters. The fourth-order valence-electron chi connectivity index (χ4n) is 8.49. The van der Waals surface area contributed by atoms with E-state index in [1.807, 2.05) is 49.4 Å². The largest absolute Gasteiger partial charge is 0.508 e. The van der Waals surface area contributed by atoms with Crippen LogP contribution in [0, 0.1) is 17.8 Å². The van der Waals surface area contributed by atoms with Gasteiger partial charge in [0.1, 0.15) is 29.7 Å². The molecule has 0 amide bonds. The van der Waals surface area contributed by atoms with Crippen LogP contribution in [-0.4, -0.2) is 57.5 Å². The van der Waals surface area contributed by atoms with Gasteiger partial charge in [-0.25, -0.2) is 0 Å². The van der Waals surface area contributed by atoms with Gasteiger partial charge in [0.05, 0.1) is 18.4 Å². The molecular formula is C36H38O8. The van der Waals surface area contributed by atoms with Crippen molar-refractivity contribution in [1.82, 2.24) is 0 Å². The fraction of sp³-hybridized carbons (Fsp3) is 0.444. The summed E-state index contributed by atoms with van der Waals surface area (Å²) in [5.74, 6) is -3.37. The number of hydrogen-bond acceptors (Lipinski definition) is 8.